The molecule has 0 spiro atoms. The van der Waals surface area contributed by atoms with Crippen molar-refractivity contribution in [2.24, 2.45) is 4.99 Å². The van der Waals surface area contributed by atoms with E-state index in [1.807, 2.05) is 6.92 Å². The molecule has 21 heavy (non-hydrogen) atoms. The average molecular weight is 313 g/mol. The molecule has 7 nitrogen and oxygen atoms in total. The van der Waals surface area contributed by atoms with Gasteiger partial charge in [-0.3, -0.25) is 9.98 Å². The molecule has 1 rings (SSSR count). The van der Waals surface area contributed by atoms with E-state index in [1.165, 1.54) is 18.5 Å². The third-order valence-electron chi connectivity index (χ3n) is 2.49. The Balaban J connectivity index is 2.42. The number of pyridine rings is 1. The first kappa shape index (κ1) is 17.4. The molecule has 0 bridgehead atoms. The summed E-state index contributed by atoms with van der Waals surface area (Å²) in [6.07, 6.45) is 3.82. The van der Waals surface area contributed by atoms with Gasteiger partial charge in [0, 0.05) is 38.6 Å². The lowest BCUT2D eigenvalue weighted by Gasteiger charge is -2.11. The van der Waals surface area contributed by atoms with Crippen molar-refractivity contribution in [2.75, 3.05) is 26.2 Å². The summed E-state index contributed by atoms with van der Waals surface area (Å²) in [6.45, 7) is 6.25. The van der Waals surface area contributed by atoms with Gasteiger partial charge in [0.1, 0.15) is 4.90 Å². The molecule has 1 heterocycles. The average Bonchev–Trinajstić information content (AvgIpc) is 2.50. The van der Waals surface area contributed by atoms with Gasteiger partial charge in [-0.1, -0.05) is 6.92 Å². The maximum Gasteiger partial charge on any atom is 0.242 e. The van der Waals surface area contributed by atoms with Crippen molar-refractivity contribution in [3.8, 4) is 0 Å². The van der Waals surface area contributed by atoms with Gasteiger partial charge in [0.2, 0.25) is 10.0 Å². The fraction of sp³-hybridized carbons (Fsp3) is 0.538. The van der Waals surface area contributed by atoms with Crippen molar-refractivity contribution < 1.29 is 8.42 Å². The van der Waals surface area contributed by atoms with E-state index in [1.54, 1.807) is 6.07 Å². The molecule has 0 aliphatic carbocycles. The van der Waals surface area contributed by atoms with Gasteiger partial charge >= 0.3 is 0 Å². The van der Waals surface area contributed by atoms with Gasteiger partial charge in [-0.25, -0.2) is 13.1 Å². The number of nitrogens with zero attached hydrogens (tertiary/aromatic N) is 2. The second-order valence-corrected chi connectivity index (χ2v) is 6.04. The van der Waals surface area contributed by atoms with Gasteiger partial charge in [0.15, 0.2) is 5.96 Å². The standard InChI is InChI=1S/C13H23N5O2S/c1-3-7-16-13(15-4-2)17-9-10-18-21(19,20)12-6-5-8-14-11-12/h5-6,8,11,18H,3-4,7,9-10H2,1-2H3,(H2,15,16,17). The Morgan fingerprint density at radius 2 is 2.10 bits per heavy atom. The predicted octanol–water partition coefficient (Wildman–Crippen LogP) is 0.325. The molecule has 1 aromatic heterocycles. The fourth-order valence-corrected chi connectivity index (χ4v) is 2.52. The molecule has 0 saturated heterocycles. The number of rotatable bonds is 8. The van der Waals surface area contributed by atoms with Crippen LogP contribution in [0.1, 0.15) is 20.3 Å². The molecular formula is C13H23N5O2S. The van der Waals surface area contributed by atoms with Crippen molar-refractivity contribution in [3.63, 3.8) is 0 Å². The van der Waals surface area contributed by atoms with Gasteiger partial charge in [0.25, 0.3) is 0 Å². The molecule has 3 N–H and O–H groups in total. The molecule has 0 atom stereocenters. The lowest BCUT2D eigenvalue weighted by Crippen LogP contribution is -2.41. The number of hydrogen-bond acceptors (Lipinski definition) is 4. The highest BCUT2D eigenvalue weighted by Gasteiger charge is 2.12. The highest BCUT2D eigenvalue weighted by molar-refractivity contribution is 7.89. The lowest BCUT2D eigenvalue weighted by atomic mass is 10.5. The summed E-state index contributed by atoms with van der Waals surface area (Å²) >= 11 is 0. The quantitative estimate of drug-likeness (QED) is 0.365. The lowest BCUT2D eigenvalue weighted by molar-refractivity contribution is 0.580. The third kappa shape index (κ3) is 6.54. The minimum atomic E-state index is -3.50. The molecule has 0 aliphatic heterocycles. The predicted molar refractivity (Wildman–Crippen MR) is 83.7 cm³/mol. The zero-order valence-corrected chi connectivity index (χ0v) is 13.3. The van der Waals surface area contributed by atoms with E-state index in [0.29, 0.717) is 12.5 Å². The Kier molecular flexibility index (Phi) is 7.70. The van der Waals surface area contributed by atoms with Crippen LogP contribution in [0.4, 0.5) is 0 Å². The van der Waals surface area contributed by atoms with Crippen molar-refractivity contribution in [1.82, 2.24) is 20.3 Å². The Morgan fingerprint density at radius 1 is 1.29 bits per heavy atom. The van der Waals surface area contributed by atoms with Crippen molar-refractivity contribution in [3.05, 3.63) is 24.5 Å². The summed E-state index contributed by atoms with van der Waals surface area (Å²) in [7, 11) is -3.50. The summed E-state index contributed by atoms with van der Waals surface area (Å²) in [4.78, 5) is 8.30. The molecule has 0 amide bonds. The van der Waals surface area contributed by atoms with Crippen LogP contribution in [0, 0.1) is 0 Å². The van der Waals surface area contributed by atoms with E-state index >= 15 is 0 Å². The summed E-state index contributed by atoms with van der Waals surface area (Å²) in [6, 6.07) is 3.10. The van der Waals surface area contributed by atoms with E-state index in [-0.39, 0.29) is 11.4 Å². The van der Waals surface area contributed by atoms with Gasteiger partial charge in [-0.05, 0) is 25.5 Å². The molecule has 8 heteroatoms. The number of hydrogen-bond donors (Lipinski definition) is 3. The van der Waals surface area contributed by atoms with Gasteiger partial charge < -0.3 is 10.6 Å². The number of aromatic nitrogens is 1. The molecule has 0 aliphatic rings. The number of guanidine groups is 1. The Labute approximate surface area is 126 Å². The van der Waals surface area contributed by atoms with Gasteiger partial charge in [0.05, 0.1) is 0 Å². The van der Waals surface area contributed by atoms with Crippen LogP contribution >= 0.6 is 0 Å². The van der Waals surface area contributed by atoms with Crippen LogP contribution in [0.5, 0.6) is 0 Å². The van der Waals surface area contributed by atoms with E-state index in [9.17, 15) is 8.42 Å². The largest absolute Gasteiger partial charge is 0.357 e. The normalized spacial score (nSPS) is 12.2. The van der Waals surface area contributed by atoms with Crippen molar-refractivity contribution in [2.45, 2.75) is 25.2 Å². The highest BCUT2D eigenvalue weighted by atomic mass is 32.2. The van der Waals surface area contributed by atoms with Crippen LogP contribution in [0.15, 0.2) is 34.4 Å². The van der Waals surface area contributed by atoms with Crippen LogP contribution in [0.3, 0.4) is 0 Å². The van der Waals surface area contributed by atoms with Crippen LogP contribution in [-0.4, -0.2) is 45.5 Å². The fourth-order valence-electron chi connectivity index (χ4n) is 1.52. The SMILES string of the molecule is CCCN=C(NCC)NCCNS(=O)(=O)c1cccnc1. The molecule has 0 saturated carbocycles. The minimum Gasteiger partial charge on any atom is -0.357 e. The smallest absolute Gasteiger partial charge is 0.242 e. The molecule has 0 radical (unpaired) electrons. The zero-order valence-electron chi connectivity index (χ0n) is 12.5. The second kappa shape index (κ2) is 9.30. The number of nitrogens with one attached hydrogen (secondary N) is 3. The van der Waals surface area contributed by atoms with Gasteiger partial charge in [-0.2, -0.15) is 0 Å². The maximum absolute atomic E-state index is 11.9. The first-order valence-electron chi connectivity index (χ1n) is 7.02. The second-order valence-electron chi connectivity index (χ2n) is 4.27. The molecular weight excluding hydrogens is 290 g/mol. The van der Waals surface area contributed by atoms with E-state index < -0.39 is 10.0 Å². The molecule has 1 aromatic rings. The van der Waals surface area contributed by atoms with E-state index in [0.717, 1.165) is 19.5 Å². The molecule has 0 fully saturated rings. The first-order chi connectivity index (χ1) is 10.1. The van der Waals surface area contributed by atoms with Crippen LogP contribution in [0.2, 0.25) is 0 Å². The maximum atomic E-state index is 11.9. The van der Waals surface area contributed by atoms with E-state index in [4.69, 9.17) is 0 Å². The topological polar surface area (TPSA) is 95.5 Å². The van der Waals surface area contributed by atoms with Crippen molar-refractivity contribution in [1.29, 1.82) is 0 Å². The van der Waals surface area contributed by atoms with Crippen LogP contribution in [-0.2, 0) is 10.0 Å². The molecule has 0 aromatic carbocycles. The Hall–Kier alpha value is -1.67. The number of aliphatic imine (C=N–C) groups is 1. The van der Waals surface area contributed by atoms with Gasteiger partial charge in [-0.15, -0.1) is 0 Å². The van der Waals surface area contributed by atoms with Crippen molar-refractivity contribution >= 4 is 16.0 Å². The Bertz CT molecular complexity index is 531. The summed E-state index contributed by atoms with van der Waals surface area (Å²) in [5.41, 5.74) is 0. The number of sulfonamides is 1. The zero-order chi connectivity index (χ0) is 15.6. The first-order valence-corrected chi connectivity index (χ1v) is 8.50. The Morgan fingerprint density at radius 3 is 2.71 bits per heavy atom. The molecule has 118 valence electrons. The molecule has 0 unspecified atom stereocenters. The minimum absolute atomic E-state index is 0.163. The van der Waals surface area contributed by atoms with Crippen LogP contribution < -0.4 is 15.4 Å². The van der Waals surface area contributed by atoms with Crippen LogP contribution in [0.25, 0.3) is 0 Å². The van der Waals surface area contributed by atoms with E-state index in [2.05, 4.69) is 32.3 Å². The summed E-state index contributed by atoms with van der Waals surface area (Å²) in [5.74, 6) is 0.694. The third-order valence-corrected chi connectivity index (χ3v) is 3.94. The highest BCUT2D eigenvalue weighted by Crippen LogP contribution is 2.04. The summed E-state index contributed by atoms with van der Waals surface area (Å²) < 4.78 is 26.4. The monoisotopic (exact) mass is 313 g/mol. The summed E-state index contributed by atoms with van der Waals surface area (Å²) in [5, 5.41) is 6.17.